The van der Waals surface area contributed by atoms with Crippen molar-refractivity contribution in [3.8, 4) is 11.3 Å². The van der Waals surface area contributed by atoms with Crippen molar-refractivity contribution in [2.75, 3.05) is 39.4 Å². The van der Waals surface area contributed by atoms with E-state index in [2.05, 4.69) is 5.16 Å². The van der Waals surface area contributed by atoms with E-state index in [1.807, 2.05) is 12.1 Å². The lowest BCUT2D eigenvalue weighted by atomic mass is 9.98. The predicted molar refractivity (Wildman–Crippen MR) is 132 cm³/mol. The predicted octanol–water partition coefficient (Wildman–Crippen LogP) is 3.81. The van der Waals surface area contributed by atoms with Gasteiger partial charge >= 0.3 is 5.97 Å². The highest BCUT2D eigenvalue weighted by molar-refractivity contribution is 6.33. The monoisotopic (exact) mass is 517 g/mol. The lowest BCUT2D eigenvalue weighted by Gasteiger charge is -2.32. The van der Waals surface area contributed by atoms with Gasteiger partial charge in [0, 0.05) is 50.8 Å². The third-order valence-corrected chi connectivity index (χ3v) is 6.92. The molecule has 0 saturated carbocycles. The topological polar surface area (TPSA) is 102 Å². The molecule has 10 heteroatoms. The smallest absolute Gasteiger partial charge is 0.310 e. The van der Waals surface area contributed by atoms with Crippen molar-refractivity contribution in [3.63, 3.8) is 0 Å². The first kappa shape index (κ1) is 26.2. The summed E-state index contributed by atoms with van der Waals surface area (Å²) >= 11 is 6.26. The summed E-state index contributed by atoms with van der Waals surface area (Å²) < 4.78 is 16.3. The Morgan fingerprint density at radius 1 is 1.22 bits per heavy atom. The number of hydrogen-bond donors (Lipinski definition) is 0. The van der Waals surface area contributed by atoms with Gasteiger partial charge in [-0.05, 0) is 44.7 Å². The van der Waals surface area contributed by atoms with Crippen molar-refractivity contribution in [3.05, 3.63) is 41.0 Å². The van der Waals surface area contributed by atoms with Crippen molar-refractivity contribution in [1.82, 2.24) is 15.0 Å². The van der Waals surface area contributed by atoms with E-state index in [9.17, 15) is 14.4 Å². The van der Waals surface area contributed by atoms with Gasteiger partial charge in [0.2, 0.25) is 5.91 Å². The van der Waals surface area contributed by atoms with Crippen LogP contribution in [0.5, 0.6) is 0 Å². The Bertz CT molecular complexity index is 1070. The maximum Gasteiger partial charge on any atom is 0.310 e. The van der Waals surface area contributed by atoms with Crippen LogP contribution in [-0.2, 0) is 19.1 Å². The molecule has 2 atom stereocenters. The molecule has 194 valence electrons. The zero-order valence-electron chi connectivity index (χ0n) is 20.5. The number of aromatic nitrogens is 1. The number of ether oxygens (including phenoxy) is 2. The number of carbonyl (C=O) groups excluding carboxylic acids is 3. The van der Waals surface area contributed by atoms with Gasteiger partial charge in [-0.2, -0.15) is 0 Å². The average molecular weight is 518 g/mol. The van der Waals surface area contributed by atoms with Crippen LogP contribution in [0, 0.1) is 5.92 Å². The molecule has 0 spiro atoms. The van der Waals surface area contributed by atoms with E-state index >= 15 is 0 Å². The molecular weight excluding hydrogens is 486 g/mol. The molecule has 2 amide bonds. The van der Waals surface area contributed by atoms with Gasteiger partial charge in [0.15, 0.2) is 11.5 Å². The fourth-order valence-electron chi connectivity index (χ4n) is 4.68. The molecule has 0 unspecified atom stereocenters. The number of benzene rings is 1. The molecule has 0 radical (unpaired) electrons. The number of carbonyl (C=O) groups is 3. The molecule has 2 aromatic rings. The zero-order valence-corrected chi connectivity index (χ0v) is 21.2. The van der Waals surface area contributed by atoms with Crippen LogP contribution in [-0.4, -0.2) is 78.2 Å². The van der Waals surface area contributed by atoms with Crippen LogP contribution in [0.25, 0.3) is 11.3 Å². The number of esters is 1. The fourth-order valence-corrected chi connectivity index (χ4v) is 4.91. The van der Waals surface area contributed by atoms with Gasteiger partial charge in [-0.1, -0.05) is 28.9 Å². The Morgan fingerprint density at radius 3 is 2.81 bits per heavy atom. The third-order valence-electron chi connectivity index (χ3n) is 6.59. The molecule has 2 fully saturated rings. The molecule has 1 aromatic heterocycles. The Morgan fingerprint density at radius 2 is 2.06 bits per heavy atom. The number of nitrogens with zero attached hydrogens (tertiary/aromatic N) is 3. The molecule has 4 rings (SSSR count). The molecule has 0 bridgehead atoms. The van der Waals surface area contributed by atoms with Gasteiger partial charge in [-0.25, -0.2) is 0 Å². The third kappa shape index (κ3) is 6.44. The van der Waals surface area contributed by atoms with E-state index in [0.717, 1.165) is 19.3 Å². The van der Waals surface area contributed by atoms with Crippen LogP contribution in [0.3, 0.4) is 0 Å². The van der Waals surface area contributed by atoms with E-state index in [0.29, 0.717) is 55.6 Å². The first-order chi connectivity index (χ1) is 17.5. The minimum absolute atomic E-state index is 0.0813. The second-order valence-electron chi connectivity index (χ2n) is 9.12. The van der Waals surface area contributed by atoms with Crippen molar-refractivity contribution < 1.29 is 28.4 Å². The zero-order chi connectivity index (χ0) is 25.5. The van der Waals surface area contributed by atoms with Crippen LogP contribution in [0.1, 0.15) is 49.5 Å². The number of halogens is 1. The Balaban J connectivity index is 1.42. The molecule has 2 aliphatic heterocycles. The van der Waals surface area contributed by atoms with Crippen molar-refractivity contribution >= 4 is 29.4 Å². The fraction of sp³-hybridized carbons (Fsp3) is 0.538. The maximum absolute atomic E-state index is 13.4. The molecule has 0 aliphatic carbocycles. The van der Waals surface area contributed by atoms with E-state index in [1.165, 1.54) is 0 Å². The summed E-state index contributed by atoms with van der Waals surface area (Å²) in [4.78, 5) is 41.9. The van der Waals surface area contributed by atoms with Gasteiger partial charge in [-0.15, -0.1) is 0 Å². The summed E-state index contributed by atoms with van der Waals surface area (Å²) in [5.41, 5.74) is 0.795. The molecule has 2 aliphatic rings. The SMILES string of the molecule is CCOC(=O)[C@@H]1CCCN(C(=O)CCN(C[C@@H]2CCCO2)C(=O)c2cc(-c3ccccc3Cl)on2)C1. The minimum Gasteiger partial charge on any atom is -0.466 e. The number of rotatable bonds is 9. The number of amides is 2. The van der Waals surface area contributed by atoms with Crippen LogP contribution >= 0.6 is 11.6 Å². The highest BCUT2D eigenvalue weighted by Crippen LogP contribution is 2.28. The summed E-state index contributed by atoms with van der Waals surface area (Å²) in [6.07, 6.45) is 3.32. The minimum atomic E-state index is -0.330. The quantitative estimate of drug-likeness (QED) is 0.466. The van der Waals surface area contributed by atoms with Crippen molar-refractivity contribution in [2.45, 2.75) is 45.1 Å². The van der Waals surface area contributed by atoms with Gasteiger partial charge in [0.05, 0.1) is 23.7 Å². The summed E-state index contributed by atoms with van der Waals surface area (Å²) in [5, 5.41) is 4.48. The molecule has 3 heterocycles. The molecule has 2 saturated heterocycles. The second-order valence-corrected chi connectivity index (χ2v) is 9.53. The molecule has 36 heavy (non-hydrogen) atoms. The Kier molecular flexibility index (Phi) is 8.98. The highest BCUT2D eigenvalue weighted by Gasteiger charge is 2.31. The van der Waals surface area contributed by atoms with Crippen molar-refractivity contribution in [1.29, 1.82) is 0 Å². The van der Waals surface area contributed by atoms with E-state index in [-0.39, 0.29) is 48.5 Å². The lowest BCUT2D eigenvalue weighted by molar-refractivity contribution is -0.151. The Labute approximate surface area is 215 Å². The number of hydrogen-bond acceptors (Lipinski definition) is 7. The van der Waals surface area contributed by atoms with Gasteiger partial charge in [0.25, 0.3) is 5.91 Å². The van der Waals surface area contributed by atoms with Crippen LogP contribution < -0.4 is 0 Å². The standard InChI is InChI=1S/C26H32ClN3O6/c1-2-34-26(33)18-7-5-12-29(16-18)24(31)11-13-30(17-19-8-6-14-35-19)25(32)22-15-23(36-28-22)20-9-3-4-10-21(20)27/h3-4,9-10,15,18-19H,2,5-8,11-14,16-17H2,1H3/t18-,19+/m1/s1. The summed E-state index contributed by atoms with van der Waals surface area (Å²) in [6, 6.07) is 8.74. The van der Waals surface area contributed by atoms with E-state index in [1.54, 1.807) is 34.9 Å². The summed E-state index contributed by atoms with van der Waals surface area (Å²) in [6.45, 7) is 4.29. The molecule has 1 aromatic carbocycles. The molecule has 0 N–H and O–H groups in total. The molecular formula is C26H32ClN3O6. The van der Waals surface area contributed by atoms with Gasteiger partial charge < -0.3 is 23.8 Å². The highest BCUT2D eigenvalue weighted by atomic mass is 35.5. The molecule has 9 nitrogen and oxygen atoms in total. The number of piperidine rings is 1. The lowest BCUT2D eigenvalue weighted by Crippen LogP contribution is -2.45. The Hall–Kier alpha value is -2.91. The first-order valence-electron chi connectivity index (χ1n) is 12.5. The van der Waals surface area contributed by atoms with E-state index in [4.69, 9.17) is 25.6 Å². The summed E-state index contributed by atoms with van der Waals surface area (Å²) in [5.74, 6) is -0.582. The van der Waals surface area contributed by atoms with Crippen LogP contribution in [0.2, 0.25) is 5.02 Å². The van der Waals surface area contributed by atoms with Gasteiger partial charge in [0.1, 0.15) is 0 Å². The van der Waals surface area contributed by atoms with Crippen LogP contribution in [0.4, 0.5) is 0 Å². The summed E-state index contributed by atoms with van der Waals surface area (Å²) in [7, 11) is 0. The largest absolute Gasteiger partial charge is 0.466 e. The number of likely N-dealkylation sites (tertiary alicyclic amines) is 1. The van der Waals surface area contributed by atoms with Gasteiger partial charge in [-0.3, -0.25) is 14.4 Å². The average Bonchev–Trinajstić information content (AvgIpc) is 3.59. The second kappa shape index (κ2) is 12.4. The normalized spacial score (nSPS) is 19.8. The first-order valence-corrected chi connectivity index (χ1v) is 12.9. The maximum atomic E-state index is 13.4. The van der Waals surface area contributed by atoms with Crippen LogP contribution in [0.15, 0.2) is 34.9 Å². The van der Waals surface area contributed by atoms with E-state index < -0.39 is 0 Å². The van der Waals surface area contributed by atoms with Crippen molar-refractivity contribution in [2.24, 2.45) is 5.92 Å².